The Balaban J connectivity index is 0.00000155. The molecule has 0 radical (unpaired) electrons. The van der Waals surface area contributed by atoms with Crippen LogP contribution in [0.25, 0.3) is 5.57 Å². The van der Waals surface area contributed by atoms with Gasteiger partial charge in [-0.2, -0.15) is 0 Å². The molecule has 0 saturated carbocycles. The van der Waals surface area contributed by atoms with Gasteiger partial charge in [0.2, 0.25) is 0 Å². The molecule has 0 aliphatic heterocycles. The lowest BCUT2D eigenvalue weighted by atomic mass is 9.97. The summed E-state index contributed by atoms with van der Waals surface area (Å²) in [4.78, 5) is 9.06. The van der Waals surface area contributed by atoms with Gasteiger partial charge in [0.1, 0.15) is 0 Å². The van der Waals surface area contributed by atoms with Crippen LogP contribution in [0.3, 0.4) is 0 Å². The summed E-state index contributed by atoms with van der Waals surface area (Å²) >= 11 is 0. The zero-order chi connectivity index (χ0) is 21.9. The van der Waals surface area contributed by atoms with Crippen molar-refractivity contribution in [3.8, 4) is 0 Å². The number of hydrogen-bond donors (Lipinski definition) is 0. The molecule has 2 heteroatoms. The summed E-state index contributed by atoms with van der Waals surface area (Å²) in [6, 6.07) is 17.0. The molecule has 0 aliphatic rings. The van der Waals surface area contributed by atoms with E-state index in [9.17, 15) is 0 Å². The maximum absolute atomic E-state index is 4.65. The van der Waals surface area contributed by atoms with Crippen molar-refractivity contribution in [3.05, 3.63) is 113 Å². The van der Waals surface area contributed by atoms with Crippen LogP contribution < -0.4 is 0 Å². The molecule has 0 atom stereocenters. The molecule has 0 N–H and O–H groups in total. The molecule has 30 heavy (non-hydrogen) atoms. The molecule has 0 bridgehead atoms. The van der Waals surface area contributed by atoms with Gasteiger partial charge in [-0.3, -0.25) is 9.97 Å². The number of pyridine rings is 2. The molecule has 3 rings (SSSR count). The van der Waals surface area contributed by atoms with E-state index in [4.69, 9.17) is 0 Å². The van der Waals surface area contributed by atoms with E-state index in [1.54, 1.807) is 0 Å². The lowest BCUT2D eigenvalue weighted by Crippen LogP contribution is -1.96. The number of aryl methyl sites for hydroxylation is 2. The highest BCUT2D eigenvalue weighted by atomic mass is 14.7. The first-order chi connectivity index (χ1) is 14.5. The van der Waals surface area contributed by atoms with E-state index in [0.29, 0.717) is 0 Å². The van der Waals surface area contributed by atoms with E-state index in [1.165, 1.54) is 27.8 Å². The summed E-state index contributed by atoms with van der Waals surface area (Å²) in [6.45, 7) is 14.6. The SMILES string of the molecule is C=C(/C=C(\CC)c1cccnc1C)Cc1ccc(Cc2ccc(C)cc2)nc1.CC. The van der Waals surface area contributed by atoms with Crippen LogP contribution in [0, 0.1) is 13.8 Å². The molecule has 2 nitrogen and oxygen atoms in total. The van der Waals surface area contributed by atoms with Gasteiger partial charge in [0, 0.05) is 30.2 Å². The predicted octanol–water partition coefficient (Wildman–Crippen LogP) is 7.30. The number of hydrogen-bond acceptors (Lipinski definition) is 2. The van der Waals surface area contributed by atoms with Crippen LogP contribution in [-0.2, 0) is 12.8 Å². The minimum atomic E-state index is 0.806. The van der Waals surface area contributed by atoms with Crippen LogP contribution in [0.2, 0.25) is 0 Å². The second-order valence-corrected chi connectivity index (χ2v) is 7.31. The summed E-state index contributed by atoms with van der Waals surface area (Å²) in [5.74, 6) is 0. The van der Waals surface area contributed by atoms with Crippen molar-refractivity contribution in [2.24, 2.45) is 0 Å². The molecule has 3 aromatic rings. The topological polar surface area (TPSA) is 25.8 Å². The lowest BCUT2D eigenvalue weighted by Gasteiger charge is -2.10. The van der Waals surface area contributed by atoms with Gasteiger partial charge in [0.15, 0.2) is 0 Å². The Morgan fingerprint density at radius 2 is 1.63 bits per heavy atom. The number of aromatic nitrogens is 2. The first-order valence-corrected chi connectivity index (χ1v) is 10.8. The predicted molar refractivity (Wildman–Crippen MR) is 130 cm³/mol. The molecule has 0 aliphatic carbocycles. The highest BCUT2D eigenvalue weighted by Gasteiger charge is 2.05. The van der Waals surface area contributed by atoms with Gasteiger partial charge in [-0.15, -0.1) is 0 Å². The minimum absolute atomic E-state index is 0.806. The highest BCUT2D eigenvalue weighted by molar-refractivity contribution is 5.69. The van der Waals surface area contributed by atoms with E-state index in [0.717, 1.165) is 36.2 Å². The van der Waals surface area contributed by atoms with Gasteiger partial charge >= 0.3 is 0 Å². The quantitative estimate of drug-likeness (QED) is 0.390. The highest BCUT2D eigenvalue weighted by Crippen LogP contribution is 2.23. The Hall–Kier alpha value is -3.00. The molecule has 2 aromatic heterocycles. The Bertz CT molecular complexity index is 964. The molecular formula is C28H34N2. The van der Waals surface area contributed by atoms with Crippen LogP contribution >= 0.6 is 0 Å². The smallest absolute Gasteiger partial charge is 0.0447 e. The van der Waals surface area contributed by atoms with Crippen LogP contribution in [0.5, 0.6) is 0 Å². The van der Waals surface area contributed by atoms with E-state index < -0.39 is 0 Å². The van der Waals surface area contributed by atoms with Crippen LogP contribution in [0.15, 0.2) is 79.2 Å². The van der Waals surface area contributed by atoms with Gasteiger partial charge in [-0.05, 0) is 61.1 Å². The molecular weight excluding hydrogens is 364 g/mol. The Morgan fingerprint density at radius 3 is 2.23 bits per heavy atom. The zero-order valence-corrected chi connectivity index (χ0v) is 19.1. The van der Waals surface area contributed by atoms with Crippen molar-refractivity contribution in [3.63, 3.8) is 0 Å². The van der Waals surface area contributed by atoms with Crippen LogP contribution in [-0.4, -0.2) is 9.97 Å². The second-order valence-electron chi connectivity index (χ2n) is 7.31. The van der Waals surface area contributed by atoms with Gasteiger partial charge in [0.25, 0.3) is 0 Å². The summed E-state index contributed by atoms with van der Waals surface area (Å²) < 4.78 is 0. The average Bonchev–Trinajstić information content (AvgIpc) is 2.77. The summed E-state index contributed by atoms with van der Waals surface area (Å²) in [7, 11) is 0. The summed E-state index contributed by atoms with van der Waals surface area (Å²) in [6.07, 6.45) is 8.64. The van der Waals surface area contributed by atoms with E-state index >= 15 is 0 Å². The fraction of sp³-hybridized carbons (Fsp3) is 0.286. The number of rotatable bonds is 7. The Morgan fingerprint density at radius 1 is 0.933 bits per heavy atom. The number of allylic oxidation sites excluding steroid dienone is 3. The van der Waals surface area contributed by atoms with Gasteiger partial charge in [0.05, 0.1) is 0 Å². The van der Waals surface area contributed by atoms with Crippen molar-refractivity contribution in [1.29, 1.82) is 0 Å². The fourth-order valence-electron chi connectivity index (χ4n) is 3.33. The van der Waals surface area contributed by atoms with E-state index in [1.807, 2.05) is 32.3 Å². The molecule has 1 aromatic carbocycles. The van der Waals surface area contributed by atoms with Crippen molar-refractivity contribution >= 4 is 5.57 Å². The molecule has 0 fully saturated rings. The van der Waals surface area contributed by atoms with Crippen LogP contribution in [0.1, 0.15) is 60.8 Å². The van der Waals surface area contributed by atoms with Crippen molar-refractivity contribution in [2.75, 3.05) is 0 Å². The normalized spacial score (nSPS) is 10.9. The lowest BCUT2D eigenvalue weighted by molar-refractivity contribution is 1.04. The van der Waals surface area contributed by atoms with Crippen molar-refractivity contribution < 1.29 is 0 Å². The third kappa shape index (κ3) is 6.81. The van der Waals surface area contributed by atoms with E-state index in [2.05, 4.69) is 85.9 Å². The zero-order valence-electron chi connectivity index (χ0n) is 19.1. The first kappa shape index (κ1) is 23.3. The van der Waals surface area contributed by atoms with Gasteiger partial charge < -0.3 is 0 Å². The Kier molecular flexibility index (Phi) is 9.21. The molecule has 2 heterocycles. The third-order valence-electron chi connectivity index (χ3n) is 4.94. The maximum Gasteiger partial charge on any atom is 0.0447 e. The average molecular weight is 399 g/mol. The summed E-state index contributed by atoms with van der Waals surface area (Å²) in [5.41, 5.74) is 9.49. The van der Waals surface area contributed by atoms with Gasteiger partial charge in [-0.1, -0.05) is 81.0 Å². The van der Waals surface area contributed by atoms with Gasteiger partial charge in [-0.25, -0.2) is 0 Å². The third-order valence-corrected chi connectivity index (χ3v) is 4.94. The number of benzene rings is 1. The molecule has 0 saturated heterocycles. The monoisotopic (exact) mass is 398 g/mol. The Labute approximate surface area is 182 Å². The maximum atomic E-state index is 4.65. The number of nitrogens with zero attached hydrogens (tertiary/aromatic N) is 2. The fourth-order valence-corrected chi connectivity index (χ4v) is 3.33. The molecule has 0 amide bonds. The first-order valence-electron chi connectivity index (χ1n) is 10.8. The standard InChI is InChI=1S/C26H28N2.C2H6/c1-5-24(26-7-6-14-27-21(26)4)16-20(3)15-23-12-13-25(28-18-23)17-22-10-8-19(2)9-11-22;1-2/h6-14,16,18H,3,5,15,17H2,1-2,4H3;1-2H3/b24-16+;. The van der Waals surface area contributed by atoms with Crippen LogP contribution in [0.4, 0.5) is 0 Å². The summed E-state index contributed by atoms with van der Waals surface area (Å²) in [5, 5.41) is 0. The molecule has 0 spiro atoms. The largest absolute Gasteiger partial charge is 0.261 e. The molecule has 0 unspecified atom stereocenters. The minimum Gasteiger partial charge on any atom is -0.261 e. The van der Waals surface area contributed by atoms with Crippen molar-refractivity contribution in [2.45, 2.75) is 53.9 Å². The van der Waals surface area contributed by atoms with E-state index in [-0.39, 0.29) is 0 Å². The molecule has 156 valence electrons. The van der Waals surface area contributed by atoms with Crippen molar-refractivity contribution in [1.82, 2.24) is 9.97 Å². The second kappa shape index (κ2) is 11.9.